The van der Waals surface area contributed by atoms with Gasteiger partial charge in [-0.1, -0.05) is 12.1 Å². The number of rotatable bonds is 34. The van der Waals surface area contributed by atoms with Crippen molar-refractivity contribution in [1.82, 2.24) is 25.8 Å². The Morgan fingerprint density at radius 3 is 1.48 bits per heavy atom. The number of phenols is 2. The first kappa shape index (κ1) is 57.8. The molecule has 370 valence electrons. The fraction of sp³-hybridized carbons (Fsp3) is 0.512. The maximum Gasteiger partial charge on any atom is 0.326 e. The average Bonchev–Trinajstić information content (AvgIpc) is 3.23. The Morgan fingerprint density at radius 1 is 0.537 bits per heavy atom. The van der Waals surface area contributed by atoms with Gasteiger partial charge in [0.2, 0.25) is 17.7 Å². The second-order valence-electron chi connectivity index (χ2n) is 15.7. The molecule has 0 aromatic heterocycles. The van der Waals surface area contributed by atoms with E-state index in [0.29, 0.717) is 42.2 Å². The maximum absolute atomic E-state index is 12.7. The van der Waals surface area contributed by atoms with Crippen molar-refractivity contribution < 1.29 is 84.0 Å². The van der Waals surface area contributed by atoms with Gasteiger partial charge in [0.15, 0.2) is 0 Å². The van der Waals surface area contributed by atoms with E-state index in [1.54, 1.807) is 24.3 Å². The number of carboxylic acids is 6. The Hall–Kier alpha value is -5.35. The third-order valence-corrected chi connectivity index (χ3v) is 11.8. The van der Waals surface area contributed by atoms with Gasteiger partial charge in [0.1, 0.15) is 17.5 Å². The molecule has 0 aliphatic carbocycles. The van der Waals surface area contributed by atoms with Gasteiger partial charge in [0, 0.05) is 82.5 Å². The number of hydrogen-bond acceptors (Lipinski definition) is 13. The number of benzene rings is 2. The molecule has 2 atom stereocenters. The van der Waals surface area contributed by atoms with Gasteiger partial charge in [-0.15, -0.1) is 0 Å². The lowest BCUT2D eigenvalue weighted by molar-refractivity contribution is -0.145. The van der Waals surface area contributed by atoms with Crippen molar-refractivity contribution in [3.05, 3.63) is 53.7 Å². The molecule has 0 spiro atoms. The van der Waals surface area contributed by atoms with E-state index >= 15 is 0 Å². The van der Waals surface area contributed by atoms with Crippen molar-refractivity contribution in [3.8, 4) is 11.5 Å². The van der Waals surface area contributed by atoms with Gasteiger partial charge in [-0.2, -0.15) is 0 Å². The molecule has 0 aliphatic rings. The van der Waals surface area contributed by atoms with Gasteiger partial charge in [0.05, 0.1) is 26.1 Å². The Labute approximate surface area is 412 Å². The van der Waals surface area contributed by atoms with Crippen LogP contribution in [0, 0.1) is 13.1 Å². The molecular weight excluding hydrogens is 1110 g/mol. The molecule has 0 radical (unpaired) electrons. The van der Waals surface area contributed by atoms with E-state index in [1.165, 1.54) is 9.80 Å². The van der Waals surface area contributed by atoms with E-state index in [2.05, 4.69) is 16.0 Å². The van der Waals surface area contributed by atoms with Gasteiger partial charge < -0.3 is 56.8 Å². The number of unbranched alkanes of at least 4 members (excludes halogenated alkanes) is 1. The summed E-state index contributed by atoms with van der Waals surface area (Å²) in [5, 5.41) is 85.2. The molecule has 0 fully saturated rings. The van der Waals surface area contributed by atoms with E-state index in [9.17, 15) is 73.8 Å². The van der Waals surface area contributed by atoms with Crippen LogP contribution >= 0.6 is 45.2 Å². The van der Waals surface area contributed by atoms with E-state index in [-0.39, 0.29) is 114 Å². The van der Waals surface area contributed by atoms with Crippen LogP contribution in [0.4, 0.5) is 0 Å². The standard InChI is InChI=1S/C43H57I2N5O17/c44-30-18-25(6-9-34(52)46-12-2-1-5-33(51)47-13-3-4-27(42(64)65)20-35(53)48-32(43(66)67)8-11-37(56)57)16-28(40(30)62)21-49(23-38(58)59)14-15-50(24-39(60)61)22-29-17-26(7-10-36(54)55)19-31(45)41(29)63/h16-19,27,32,62-63H,1-15,20-24H2,(H,46,52)(H,47,51)(H,48,53)(H,54,55)(H,56,57)(H,58,59)(H,60,61)(H,64,65)(H,66,67)/t27-,32+/m1/s1. The second kappa shape index (κ2) is 30.1. The first-order valence-corrected chi connectivity index (χ1v) is 23.3. The quantitative estimate of drug-likeness (QED) is 0.0354. The number of halogens is 2. The molecule has 2 aromatic rings. The summed E-state index contributed by atoms with van der Waals surface area (Å²) in [6.45, 7) is -0.450. The number of aliphatic carboxylic acids is 6. The molecule has 11 N–H and O–H groups in total. The molecule has 0 saturated heterocycles. The molecular formula is C43H57I2N5O17. The fourth-order valence-corrected chi connectivity index (χ4v) is 8.25. The molecule has 67 heavy (non-hydrogen) atoms. The van der Waals surface area contributed by atoms with Crippen LogP contribution in [0.15, 0.2) is 24.3 Å². The van der Waals surface area contributed by atoms with Crippen LogP contribution in [0.25, 0.3) is 0 Å². The van der Waals surface area contributed by atoms with Crippen LogP contribution in [0.3, 0.4) is 0 Å². The van der Waals surface area contributed by atoms with Crippen molar-refractivity contribution in [1.29, 1.82) is 0 Å². The van der Waals surface area contributed by atoms with Crippen LogP contribution in [0.1, 0.15) is 86.5 Å². The molecule has 2 aromatic carbocycles. The van der Waals surface area contributed by atoms with Crippen LogP contribution in [-0.2, 0) is 69.1 Å². The number of nitrogens with zero attached hydrogens (tertiary/aromatic N) is 2. The third kappa shape index (κ3) is 23.8. The smallest absolute Gasteiger partial charge is 0.326 e. The lowest BCUT2D eigenvalue weighted by Crippen LogP contribution is -2.42. The summed E-state index contributed by atoms with van der Waals surface area (Å²) in [7, 11) is 0. The van der Waals surface area contributed by atoms with E-state index in [0.717, 1.165) is 0 Å². The highest BCUT2D eigenvalue weighted by Crippen LogP contribution is 2.30. The zero-order valence-electron chi connectivity index (χ0n) is 36.5. The van der Waals surface area contributed by atoms with Crippen LogP contribution in [0.5, 0.6) is 11.5 Å². The summed E-state index contributed by atoms with van der Waals surface area (Å²) < 4.78 is 0.923. The lowest BCUT2D eigenvalue weighted by Gasteiger charge is -2.27. The number of phenolic OH excluding ortho intramolecular Hbond substituents is 2. The number of hydrogen-bond donors (Lipinski definition) is 11. The molecule has 0 aliphatic heterocycles. The van der Waals surface area contributed by atoms with Crippen molar-refractivity contribution in [3.63, 3.8) is 0 Å². The summed E-state index contributed by atoms with van der Waals surface area (Å²) in [4.78, 5) is 109. The predicted octanol–water partition coefficient (Wildman–Crippen LogP) is 2.44. The minimum atomic E-state index is -1.48. The predicted molar refractivity (Wildman–Crippen MR) is 253 cm³/mol. The highest BCUT2D eigenvalue weighted by Gasteiger charge is 2.26. The largest absolute Gasteiger partial charge is 0.507 e. The Balaban J connectivity index is 1.86. The lowest BCUT2D eigenvalue weighted by atomic mass is 9.98. The van der Waals surface area contributed by atoms with E-state index in [1.807, 2.05) is 45.2 Å². The Kier molecular flexibility index (Phi) is 26.0. The molecule has 0 unspecified atom stereocenters. The number of nitrogens with one attached hydrogen (secondary N) is 3. The summed E-state index contributed by atoms with van der Waals surface area (Å²) in [6, 6.07) is 5.14. The minimum absolute atomic E-state index is 0.00952. The van der Waals surface area contributed by atoms with Crippen molar-refractivity contribution in [2.24, 2.45) is 5.92 Å². The van der Waals surface area contributed by atoms with Gasteiger partial charge in [-0.3, -0.25) is 48.2 Å². The highest BCUT2D eigenvalue weighted by molar-refractivity contribution is 14.1. The fourth-order valence-electron chi connectivity index (χ4n) is 6.76. The number of amides is 3. The van der Waals surface area contributed by atoms with Crippen LogP contribution in [-0.4, -0.2) is 149 Å². The van der Waals surface area contributed by atoms with Gasteiger partial charge in [-0.05, 0) is 113 Å². The zero-order valence-corrected chi connectivity index (χ0v) is 40.8. The maximum atomic E-state index is 12.7. The number of carboxylic acid groups (broad SMARTS) is 6. The molecule has 3 amide bonds. The third-order valence-electron chi connectivity index (χ3n) is 10.2. The molecule has 0 heterocycles. The first-order chi connectivity index (χ1) is 31.5. The average molecular weight is 1170 g/mol. The number of aryl methyl sites for hydroxylation is 2. The molecule has 0 saturated carbocycles. The van der Waals surface area contributed by atoms with Crippen LogP contribution in [0.2, 0.25) is 0 Å². The first-order valence-electron chi connectivity index (χ1n) is 21.1. The minimum Gasteiger partial charge on any atom is -0.507 e. The highest BCUT2D eigenvalue weighted by atomic mass is 127. The van der Waals surface area contributed by atoms with Gasteiger partial charge in [-0.25, -0.2) is 4.79 Å². The summed E-state index contributed by atoms with van der Waals surface area (Å²) in [6.07, 6.45) is 0.279. The summed E-state index contributed by atoms with van der Waals surface area (Å²) >= 11 is 3.83. The Bertz CT molecular complexity index is 2090. The number of carbonyl (C=O) groups is 9. The summed E-state index contributed by atoms with van der Waals surface area (Å²) in [5.74, 6) is -10.0. The molecule has 2 rings (SSSR count). The number of aromatic hydroxyl groups is 2. The monoisotopic (exact) mass is 1170 g/mol. The van der Waals surface area contributed by atoms with Crippen LogP contribution < -0.4 is 16.0 Å². The van der Waals surface area contributed by atoms with Crippen molar-refractivity contribution in [2.75, 3.05) is 39.3 Å². The van der Waals surface area contributed by atoms with E-state index < -0.39 is 79.6 Å². The second-order valence-corrected chi connectivity index (χ2v) is 18.0. The van der Waals surface area contributed by atoms with Crippen molar-refractivity contribution >= 4 is 98.7 Å². The molecule has 22 nitrogen and oxygen atoms in total. The molecule has 24 heteroatoms. The van der Waals surface area contributed by atoms with E-state index in [4.69, 9.17) is 10.2 Å². The SMILES string of the molecule is O=C(O)CCc1cc(I)c(O)c(CN(CCN(CC(=O)O)Cc2cc(CCC(=O)NCCCCC(=O)NCCC[C@H](CC(=O)N[C@@H](CCC(=O)O)C(=O)O)C(=O)O)cc(I)c2O)CC(=O)O)c1. The van der Waals surface area contributed by atoms with Crippen molar-refractivity contribution in [2.45, 2.75) is 96.2 Å². The summed E-state index contributed by atoms with van der Waals surface area (Å²) in [5.41, 5.74) is 2.10. The number of carbonyl (C=O) groups excluding carboxylic acids is 3. The topological polar surface area (TPSA) is 358 Å². The molecule has 0 bridgehead atoms. The van der Waals surface area contributed by atoms with Gasteiger partial charge in [0.25, 0.3) is 0 Å². The Morgan fingerprint density at radius 2 is 1.01 bits per heavy atom. The van der Waals surface area contributed by atoms with Gasteiger partial charge >= 0.3 is 35.8 Å². The zero-order chi connectivity index (χ0) is 50.2. The normalized spacial score (nSPS) is 12.0.